The fraction of sp³-hybridized carbons (Fsp3) is 0.278. The first-order valence-electron chi connectivity index (χ1n) is 7.38. The monoisotopic (exact) mass is 313 g/mol. The second-order valence-electron chi connectivity index (χ2n) is 5.25. The van der Waals surface area contributed by atoms with Crippen molar-refractivity contribution in [3.8, 4) is 5.75 Å². The number of carbonyl (C=O) groups excluding carboxylic acids is 1. The third-order valence-corrected chi connectivity index (χ3v) is 5.08. The summed E-state index contributed by atoms with van der Waals surface area (Å²) in [4.78, 5) is 14.7. The number of benzene rings is 2. The number of hydrogen-bond acceptors (Lipinski definition) is 3. The van der Waals surface area contributed by atoms with Crippen LogP contribution in [0, 0.1) is 0 Å². The van der Waals surface area contributed by atoms with Crippen molar-refractivity contribution in [3.63, 3.8) is 0 Å². The van der Waals surface area contributed by atoms with E-state index in [-0.39, 0.29) is 5.91 Å². The molecule has 0 aromatic heterocycles. The molecule has 0 aliphatic carbocycles. The quantitative estimate of drug-likeness (QED) is 0.866. The molecule has 3 rings (SSSR count). The average molecular weight is 313 g/mol. The Kier molecular flexibility index (Phi) is 4.68. The van der Waals surface area contributed by atoms with Crippen molar-refractivity contribution in [2.24, 2.45) is 0 Å². The van der Waals surface area contributed by atoms with E-state index in [9.17, 15) is 4.79 Å². The van der Waals surface area contributed by atoms with Crippen LogP contribution in [0.5, 0.6) is 5.75 Å². The van der Waals surface area contributed by atoms with Gasteiger partial charge in [0.2, 0.25) is 0 Å². The lowest BCUT2D eigenvalue weighted by Gasteiger charge is -2.32. The number of nitrogens with zero attached hydrogens (tertiary/aromatic N) is 1. The number of amides is 1. The Labute approximate surface area is 135 Å². The lowest BCUT2D eigenvalue weighted by molar-refractivity contribution is 0.0761. The lowest BCUT2D eigenvalue weighted by Crippen LogP contribution is -2.39. The minimum absolute atomic E-state index is 0.0835. The molecule has 0 radical (unpaired) electrons. The first kappa shape index (κ1) is 15.0. The van der Waals surface area contributed by atoms with Crippen LogP contribution in [-0.2, 0) is 0 Å². The van der Waals surface area contributed by atoms with Crippen molar-refractivity contribution >= 4 is 17.7 Å². The fourth-order valence-corrected chi connectivity index (χ4v) is 3.89. The van der Waals surface area contributed by atoms with E-state index >= 15 is 0 Å². The van der Waals surface area contributed by atoms with E-state index in [0.29, 0.717) is 10.8 Å². The first-order valence-corrected chi connectivity index (χ1v) is 8.42. The molecule has 1 amide bonds. The summed E-state index contributed by atoms with van der Waals surface area (Å²) in [5, 5.41) is 0.351. The van der Waals surface area contributed by atoms with Gasteiger partial charge in [0.25, 0.3) is 5.91 Å². The molecule has 0 bridgehead atoms. The topological polar surface area (TPSA) is 29.5 Å². The van der Waals surface area contributed by atoms with Crippen LogP contribution in [0.3, 0.4) is 0 Å². The highest BCUT2D eigenvalue weighted by atomic mass is 32.2. The number of methoxy groups -OCH3 is 1. The predicted molar refractivity (Wildman–Crippen MR) is 90.5 cm³/mol. The third-order valence-electron chi connectivity index (χ3n) is 3.84. The van der Waals surface area contributed by atoms with Crippen LogP contribution in [0.15, 0.2) is 54.6 Å². The maximum Gasteiger partial charge on any atom is 0.254 e. The van der Waals surface area contributed by atoms with E-state index in [2.05, 4.69) is 24.3 Å². The van der Waals surface area contributed by atoms with Gasteiger partial charge in [-0.1, -0.05) is 36.4 Å². The van der Waals surface area contributed by atoms with Crippen molar-refractivity contribution in [2.75, 3.05) is 26.0 Å². The Bertz CT molecular complexity index is 645. The molecule has 1 heterocycles. The molecule has 0 spiro atoms. The van der Waals surface area contributed by atoms with Crippen LogP contribution < -0.4 is 4.74 Å². The Balaban J connectivity index is 1.75. The van der Waals surface area contributed by atoms with E-state index in [0.717, 1.165) is 24.6 Å². The molecule has 1 aliphatic heterocycles. The molecular formula is C18H19NO2S. The van der Waals surface area contributed by atoms with Crippen LogP contribution in [0.2, 0.25) is 0 Å². The summed E-state index contributed by atoms with van der Waals surface area (Å²) in [5.41, 5.74) is 1.98. The molecule has 1 aliphatic rings. The van der Waals surface area contributed by atoms with Crippen molar-refractivity contribution in [3.05, 3.63) is 65.7 Å². The van der Waals surface area contributed by atoms with Gasteiger partial charge in [-0.15, -0.1) is 0 Å². The predicted octanol–water partition coefficient (Wildman–Crippen LogP) is 3.63. The number of hydrogen-bond donors (Lipinski definition) is 0. The third kappa shape index (κ3) is 3.28. The zero-order valence-corrected chi connectivity index (χ0v) is 13.4. The van der Waals surface area contributed by atoms with Crippen LogP contribution >= 0.6 is 11.8 Å². The van der Waals surface area contributed by atoms with Gasteiger partial charge in [-0.25, -0.2) is 0 Å². The molecule has 22 heavy (non-hydrogen) atoms. The van der Waals surface area contributed by atoms with Gasteiger partial charge in [0.15, 0.2) is 0 Å². The Hall–Kier alpha value is -1.94. The van der Waals surface area contributed by atoms with Gasteiger partial charge >= 0.3 is 0 Å². The van der Waals surface area contributed by atoms with Gasteiger partial charge in [0.05, 0.1) is 7.11 Å². The summed E-state index contributed by atoms with van der Waals surface area (Å²) in [5.74, 6) is 1.77. The van der Waals surface area contributed by atoms with Crippen molar-refractivity contribution < 1.29 is 9.53 Å². The molecule has 2 aromatic rings. The molecule has 4 heteroatoms. The largest absolute Gasteiger partial charge is 0.497 e. The second kappa shape index (κ2) is 6.88. The average Bonchev–Trinajstić information content (AvgIpc) is 2.62. The van der Waals surface area contributed by atoms with Crippen LogP contribution in [-0.4, -0.2) is 36.8 Å². The normalized spacial score (nSPS) is 18.0. The first-order chi connectivity index (χ1) is 10.8. The summed E-state index contributed by atoms with van der Waals surface area (Å²) >= 11 is 1.92. The summed E-state index contributed by atoms with van der Waals surface area (Å²) in [7, 11) is 1.62. The summed E-state index contributed by atoms with van der Waals surface area (Å²) in [6.45, 7) is 1.55. The molecule has 3 nitrogen and oxygen atoms in total. The Morgan fingerprint density at radius 3 is 2.77 bits per heavy atom. The SMILES string of the molecule is COc1cccc(C(=O)N2CCSC(c3ccccc3)C2)c1. The second-order valence-corrected chi connectivity index (χ2v) is 6.56. The summed E-state index contributed by atoms with van der Waals surface area (Å²) < 4.78 is 5.21. The minimum Gasteiger partial charge on any atom is -0.497 e. The van der Waals surface area contributed by atoms with E-state index in [1.54, 1.807) is 7.11 Å². The zero-order valence-electron chi connectivity index (χ0n) is 12.6. The molecule has 1 atom stereocenters. The number of carbonyl (C=O) groups is 1. The minimum atomic E-state index is 0.0835. The molecule has 0 N–H and O–H groups in total. The molecule has 1 saturated heterocycles. The van der Waals surface area contributed by atoms with Gasteiger partial charge in [0.1, 0.15) is 5.75 Å². The highest BCUT2D eigenvalue weighted by Gasteiger charge is 2.25. The highest BCUT2D eigenvalue weighted by Crippen LogP contribution is 2.33. The van der Waals surface area contributed by atoms with Crippen LogP contribution in [0.25, 0.3) is 0 Å². The maximum atomic E-state index is 12.7. The Morgan fingerprint density at radius 2 is 2.00 bits per heavy atom. The molecule has 114 valence electrons. The van der Waals surface area contributed by atoms with Gasteiger partial charge in [-0.2, -0.15) is 11.8 Å². The van der Waals surface area contributed by atoms with Crippen molar-refractivity contribution in [1.82, 2.24) is 4.90 Å². The van der Waals surface area contributed by atoms with Gasteiger partial charge in [-0.05, 0) is 23.8 Å². The van der Waals surface area contributed by atoms with Gasteiger partial charge < -0.3 is 9.64 Å². The Morgan fingerprint density at radius 1 is 1.18 bits per heavy atom. The molecule has 1 unspecified atom stereocenters. The standard InChI is InChI=1S/C18H19NO2S/c1-21-16-9-5-8-15(12-16)18(20)19-10-11-22-17(13-19)14-6-3-2-4-7-14/h2-9,12,17H,10-11,13H2,1H3. The van der Waals surface area contributed by atoms with Crippen LogP contribution in [0.4, 0.5) is 0 Å². The molecule has 2 aromatic carbocycles. The van der Waals surface area contributed by atoms with Crippen molar-refractivity contribution in [1.29, 1.82) is 0 Å². The van der Waals surface area contributed by atoms with Gasteiger partial charge in [-0.3, -0.25) is 4.79 Å². The van der Waals surface area contributed by atoms with E-state index < -0.39 is 0 Å². The maximum absolute atomic E-state index is 12.7. The van der Waals surface area contributed by atoms with Gasteiger partial charge in [0, 0.05) is 29.7 Å². The van der Waals surface area contributed by atoms with Crippen molar-refractivity contribution in [2.45, 2.75) is 5.25 Å². The summed E-state index contributed by atoms with van der Waals surface area (Å²) in [6.07, 6.45) is 0. The lowest BCUT2D eigenvalue weighted by atomic mass is 10.1. The number of thioether (sulfide) groups is 1. The smallest absolute Gasteiger partial charge is 0.254 e. The van der Waals surface area contributed by atoms with E-state index in [1.165, 1.54) is 5.56 Å². The number of rotatable bonds is 3. The molecule has 0 saturated carbocycles. The van der Waals surface area contributed by atoms with Crippen LogP contribution in [0.1, 0.15) is 21.2 Å². The zero-order chi connectivity index (χ0) is 15.4. The van der Waals surface area contributed by atoms with E-state index in [4.69, 9.17) is 4.74 Å². The highest BCUT2D eigenvalue weighted by molar-refractivity contribution is 7.99. The molecule has 1 fully saturated rings. The fourth-order valence-electron chi connectivity index (χ4n) is 2.64. The molecular weight excluding hydrogens is 294 g/mol. The number of ether oxygens (including phenoxy) is 1. The summed E-state index contributed by atoms with van der Waals surface area (Å²) in [6, 6.07) is 17.8. The van der Waals surface area contributed by atoms with E-state index in [1.807, 2.05) is 47.0 Å².